The first-order valence-electron chi connectivity index (χ1n) is 13.8. The molecule has 0 spiro atoms. The number of fused-ring (bicyclic) bond motifs is 2. The van der Waals surface area contributed by atoms with Crippen molar-refractivity contribution in [1.29, 1.82) is 0 Å². The summed E-state index contributed by atoms with van der Waals surface area (Å²) in [5.74, 6) is 0.539. The lowest BCUT2D eigenvalue weighted by Crippen LogP contribution is -2.58. The Morgan fingerprint density at radius 2 is 1.95 bits per heavy atom. The van der Waals surface area contributed by atoms with Crippen LogP contribution in [-0.2, 0) is 4.79 Å². The van der Waals surface area contributed by atoms with Gasteiger partial charge in [0.25, 0.3) is 0 Å². The predicted octanol–water partition coefficient (Wildman–Crippen LogP) is 4.69. The number of halogens is 2. The van der Waals surface area contributed by atoms with E-state index in [2.05, 4.69) is 21.7 Å². The molecule has 0 saturated carbocycles. The number of hydrogen-bond donors (Lipinski definition) is 2. The number of nitrogens with zero attached hydrogens (tertiary/aromatic N) is 7. The van der Waals surface area contributed by atoms with Crippen LogP contribution in [-0.4, -0.2) is 81.7 Å². The molecule has 1 saturated heterocycles. The number of nitrogen functional groups attached to an aromatic ring is 1. The van der Waals surface area contributed by atoms with E-state index in [4.69, 9.17) is 27.3 Å². The molecule has 0 bridgehead atoms. The monoisotopic (exact) mass is 589 g/mol. The first-order chi connectivity index (χ1) is 20.0. The van der Waals surface area contributed by atoms with Crippen molar-refractivity contribution in [2.45, 2.75) is 32.9 Å². The van der Waals surface area contributed by atoms with Crippen LogP contribution in [0.1, 0.15) is 19.4 Å². The topological polar surface area (TPSA) is 111 Å². The zero-order valence-electron chi connectivity index (χ0n) is 24.2. The van der Waals surface area contributed by atoms with Crippen LogP contribution in [0.15, 0.2) is 42.8 Å². The highest BCUT2D eigenvalue weighted by Gasteiger charge is 2.35. The Morgan fingerprint density at radius 3 is 2.64 bits per heavy atom. The van der Waals surface area contributed by atoms with Gasteiger partial charge >= 0.3 is 0 Å². The van der Waals surface area contributed by atoms with Crippen LogP contribution in [0.4, 0.5) is 22.0 Å². The van der Waals surface area contributed by atoms with Crippen molar-refractivity contribution in [3.05, 3.63) is 59.2 Å². The largest absolute Gasteiger partial charge is 0.382 e. The van der Waals surface area contributed by atoms with Crippen LogP contribution < -0.4 is 15.5 Å². The molecule has 6 rings (SSSR count). The number of rotatable bonds is 5. The summed E-state index contributed by atoms with van der Waals surface area (Å²) < 4.78 is 16.9. The third-order valence-electron chi connectivity index (χ3n) is 8.25. The van der Waals surface area contributed by atoms with E-state index in [0.29, 0.717) is 53.3 Å². The molecule has 1 fully saturated rings. The second-order valence-electron chi connectivity index (χ2n) is 11.3. The lowest BCUT2D eigenvalue weighted by Gasteiger charge is -2.45. The molecule has 2 aliphatic heterocycles. The number of hydrogen-bond acceptors (Lipinski definition) is 8. The van der Waals surface area contributed by atoms with Gasteiger partial charge in [-0.05, 0) is 44.5 Å². The summed E-state index contributed by atoms with van der Waals surface area (Å²) in [6, 6.07) is 5.25. The van der Waals surface area contributed by atoms with Crippen molar-refractivity contribution >= 4 is 56.9 Å². The van der Waals surface area contributed by atoms with Crippen LogP contribution in [0.3, 0.4) is 0 Å². The first kappa shape index (κ1) is 27.8. The fraction of sp³-hybridized carbons (Fsp3) is 0.333. The van der Waals surface area contributed by atoms with Crippen molar-refractivity contribution in [3.8, 4) is 11.1 Å². The average Bonchev–Trinajstić information content (AvgIpc) is 3.30. The quantitative estimate of drug-likeness (QED) is 0.323. The maximum absolute atomic E-state index is 16.9. The van der Waals surface area contributed by atoms with Gasteiger partial charge in [-0.25, -0.2) is 9.37 Å². The number of carbonyl (C=O) groups is 1. The number of likely N-dealkylation sites (N-methyl/N-ethyl adjacent to an activating group) is 1. The van der Waals surface area contributed by atoms with Crippen molar-refractivity contribution in [2.75, 3.05) is 49.3 Å². The number of carbonyl (C=O) groups excluding carboxylic acids is 1. The zero-order chi connectivity index (χ0) is 30.0. The Bertz CT molecular complexity index is 1800. The average molecular weight is 590 g/mol. The summed E-state index contributed by atoms with van der Waals surface area (Å²) in [4.78, 5) is 30.1. The van der Waals surface area contributed by atoms with Crippen LogP contribution in [0.5, 0.6) is 0 Å². The Morgan fingerprint density at radius 1 is 1.21 bits per heavy atom. The molecule has 10 nitrogen and oxygen atoms in total. The molecule has 2 aliphatic rings. The van der Waals surface area contributed by atoms with E-state index in [0.717, 1.165) is 11.3 Å². The molecule has 0 aliphatic carbocycles. The van der Waals surface area contributed by atoms with E-state index in [1.165, 1.54) is 6.08 Å². The fourth-order valence-electron chi connectivity index (χ4n) is 5.87. The molecule has 2 aromatic heterocycles. The number of aromatic nitrogens is 4. The molecule has 12 heteroatoms. The smallest absolute Gasteiger partial charge is 0.246 e. The van der Waals surface area contributed by atoms with Crippen molar-refractivity contribution in [3.63, 3.8) is 0 Å². The van der Waals surface area contributed by atoms with Gasteiger partial charge in [-0.3, -0.25) is 9.89 Å². The number of nitrogens with two attached hydrogens (primary N) is 1. The van der Waals surface area contributed by atoms with Gasteiger partial charge in [0.2, 0.25) is 11.9 Å². The molecule has 3 N–H and O–H groups in total. The molecule has 42 heavy (non-hydrogen) atoms. The minimum Gasteiger partial charge on any atom is -0.382 e. The molecule has 2 aromatic carbocycles. The number of benzene rings is 2. The lowest BCUT2D eigenvalue weighted by molar-refractivity contribution is -0.128. The number of aryl methyl sites for hydroxylation is 1. The standard InChI is InChI=1S/C30H33ClFN9O/c1-7-22(42)40-11-17(4)41(12-16(40)3)29-19-10-20(31)24(23-15(2)8-9-21-25(23)28(33)37-36-21)26(32)27(19)34-30(35-29)39-13-18(14-39)38(5)6/h7-10,13,16-17H,1,11-12,14H2,2-6H3,(H3,33,36,37)/t16-,17+/m1/s1. The highest BCUT2D eigenvalue weighted by atomic mass is 35.5. The van der Waals surface area contributed by atoms with Gasteiger partial charge in [0.15, 0.2) is 11.6 Å². The minimum atomic E-state index is -0.558. The number of anilines is 3. The second kappa shape index (κ2) is 10.2. The summed E-state index contributed by atoms with van der Waals surface area (Å²) in [5.41, 5.74) is 9.76. The van der Waals surface area contributed by atoms with Crippen LogP contribution in [0, 0.1) is 12.7 Å². The summed E-state index contributed by atoms with van der Waals surface area (Å²) >= 11 is 6.91. The molecule has 0 radical (unpaired) electrons. The molecule has 218 valence electrons. The van der Waals surface area contributed by atoms with Gasteiger partial charge in [0.05, 0.1) is 22.5 Å². The van der Waals surface area contributed by atoms with E-state index >= 15 is 4.39 Å². The van der Waals surface area contributed by atoms with Crippen molar-refractivity contribution in [2.24, 2.45) is 0 Å². The van der Waals surface area contributed by atoms with Gasteiger partial charge in [-0.2, -0.15) is 10.1 Å². The Kier molecular flexibility index (Phi) is 6.72. The zero-order valence-corrected chi connectivity index (χ0v) is 25.0. The fourth-order valence-corrected chi connectivity index (χ4v) is 6.16. The third-order valence-corrected chi connectivity index (χ3v) is 8.55. The van der Waals surface area contributed by atoms with E-state index in [1.807, 2.05) is 63.0 Å². The van der Waals surface area contributed by atoms with E-state index in [1.54, 1.807) is 11.0 Å². The summed E-state index contributed by atoms with van der Waals surface area (Å²) in [7, 11) is 3.95. The van der Waals surface area contributed by atoms with E-state index in [-0.39, 0.29) is 39.9 Å². The summed E-state index contributed by atoms with van der Waals surface area (Å²) in [5, 5.41) is 8.37. The van der Waals surface area contributed by atoms with Crippen LogP contribution in [0.25, 0.3) is 32.9 Å². The van der Waals surface area contributed by atoms with Crippen LogP contribution >= 0.6 is 11.6 Å². The van der Waals surface area contributed by atoms with Gasteiger partial charge < -0.3 is 25.3 Å². The van der Waals surface area contributed by atoms with Crippen LogP contribution in [0.2, 0.25) is 5.02 Å². The highest BCUT2D eigenvalue weighted by Crippen LogP contribution is 2.44. The molecule has 0 unspecified atom stereocenters. The normalized spacial score (nSPS) is 18.8. The van der Waals surface area contributed by atoms with Gasteiger partial charge in [0, 0.05) is 67.7 Å². The highest BCUT2D eigenvalue weighted by molar-refractivity contribution is 6.35. The SMILES string of the molecule is C=CC(=O)N1C[C@H](C)N(c2nc(N3C=C(N(C)C)C3)nc3c(F)c(-c4c(C)ccc5[nH]nc(N)c45)c(Cl)cc23)C[C@H]1C. The Balaban J connectivity index is 1.58. The third kappa shape index (κ3) is 4.30. The molecule has 4 aromatic rings. The maximum atomic E-state index is 16.9. The maximum Gasteiger partial charge on any atom is 0.246 e. The minimum absolute atomic E-state index is 0.108. The second-order valence-corrected chi connectivity index (χ2v) is 11.7. The predicted molar refractivity (Wildman–Crippen MR) is 166 cm³/mol. The number of aromatic amines is 1. The van der Waals surface area contributed by atoms with Crippen molar-refractivity contribution in [1.82, 2.24) is 30.0 Å². The molecule has 4 heterocycles. The van der Waals surface area contributed by atoms with Gasteiger partial charge in [-0.15, -0.1) is 0 Å². The summed E-state index contributed by atoms with van der Waals surface area (Å²) in [6.45, 7) is 11.1. The number of H-pyrrole nitrogens is 1. The number of amides is 1. The van der Waals surface area contributed by atoms with E-state index in [9.17, 15) is 4.79 Å². The molecular weight excluding hydrogens is 557 g/mol. The number of piperazine rings is 1. The molecular formula is C30H33ClFN9O. The van der Waals surface area contributed by atoms with Gasteiger partial charge in [-0.1, -0.05) is 24.2 Å². The van der Waals surface area contributed by atoms with Crippen molar-refractivity contribution < 1.29 is 9.18 Å². The molecule has 1 amide bonds. The van der Waals surface area contributed by atoms with E-state index < -0.39 is 5.82 Å². The van der Waals surface area contributed by atoms with Gasteiger partial charge in [0.1, 0.15) is 11.3 Å². The first-order valence-corrected chi connectivity index (χ1v) is 14.2. The molecule has 2 atom stereocenters. The summed E-state index contributed by atoms with van der Waals surface area (Å²) in [6.07, 6.45) is 3.28. The Labute approximate surface area is 248 Å². The lowest BCUT2D eigenvalue weighted by atomic mass is 9.94. The Hall–Kier alpha value is -4.38. The number of nitrogens with one attached hydrogen (secondary N) is 1.